The fraction of sp³-hybridized carbons (Fsp3) is 0.682. The summed E-state index contributed by atoms with van der Waals surface area (Å²) in [6.45, 7) is 1.58. The van der Waals surface area contributed by atoms with Crippen molar-refractivity contribution in [2.75, 3.05) is 13.7 Å². The molecule has 1 aliphatic heterocycles. The Labute approximate surface area is 177 Å². The molecule has 1 fully saturated rings. The van der Waals surface area contributed by atoms with Crippen LogP contribution in [0.3, 0.4) is 0 Å². The zero-order valence-electron chi connectivity index (χ0n) is 17.7. The summed E-state index contributed by atoms with van der Waals surface area (Å²) < 4.78 is 22.4. The third-order valence-electron chi connectivity index (χ3n) is 5.20. The Morgan fingerprint density at radius 1 is 1.10 bits per heavy atom. The third-order valence-corrected chi connectivity index (χ3v) is 5.20. The lowest BCUT2D eigenvalue weighted by molar-refractivity contribution is -0.458. The van der Waals surface area contributed by atoms with Crippen molar-refractivity contribution in [3.05, 3.63) is 35.9 Å². The van der Waals surface area contributed by atoms with Gasteiger partial charge in [0.05, 0.1) is 13.2 Å². The maximum Gasteiger partial charge on any atom is 0.325 e. The molecule has 1 aromatic rings. The van der Waals surface area contributed by atoms with Crippen molar-refractivity contribution >= 4 is 5.97 Å². The van der Waals surface area contributed by atoms with Gasteiger partial charge in [0.15, 0.2) is 0 Å². The Morgan fingerprint density at radius 2 is 1.80 bits per heavy atom. The minimum atomic E-state index is -1.97. The highest BCUT2D eigenvalue weighted by molar-refractivity contribution is 5.69. The summed E-state index contributed by atoms with van der Waals surface area (Å²) in [6, 6.07) is 9.20. The molecular weight excluding hydrogens is 392 g/mol. The second-order valence-electron chi connectivity index (χ2n) is 7.48. The number of carbonyl (C=O) groups is 1. The number of methoxy groups -OCH3 is 1. The van der Waals surface area contributed by atoms with Gasteiger partial charge in [-0.25, -0.2) is 0 Å². The second kappa shape index (κ2) is 12.3. The summed E-state index contributed by atoms with van der Waals surface area (Å²) in [4.78, 5) is 12.4. The minimum Gasteiger partial charge on any atom is -0.451 e. The number of carbonyl (C=O) groups excluding carboxylic acids is 1. The third kappa shape index (κ3) is 6.47. The van der Waals surface area contributed by atoms with Crippen molar-refractivity contribution in [2.45, 2.75) is 82.4 Å². The predicted molar refractivity (Wildman–Crippen MR) is 108 cm³/mol. The number of aliphatic hydroxyl groups excluding tert-OH is 3. The number of esters is 1. The number of unbranched alkanes of at least 4 members (excludes halogenated alkanes) is 4. The first kappa shape index (κ1) is 24.7. The van der Waals surface area contributed by atoms with E-state index >= 15 is 0 Å². The number of aliphatic hydroxyl groups is 3. The van der Waals surface area contributed by atoms with Gasteiger partial charge in [-0.15, -0.1) is 0 Å². The number of hydrogen-bond donors (Lipinski definition) is 3. The molecule has 0 spiro atoms. The summed E-state index contributed by atoms with van der Waals surface area (Å²) in [6.07, 6.45) is -0.628. The number of ether oxygens (including phenoxy) is 4. The molecule has 170 valence electrons. The second-order valence-corrected chi connectivity index (χ2v) is 7.48. The van der Waals surface area contributed by atoms with Gasteiger partial charge in [0, 0.05) is 13.5 Å². The average molecular weight is 427 g/mol. The molecule has 2 rings (SSSR count). The Kier molecular flexibility index (Phi) is 10.2. The minimum absolute atomic E-state index is 0.0424. The van der Waals surface area contributed by atoms with Gasteiger partial charge in [-0.2, -0.15) is 0 Å². The largest absolute Gasteiger partial charge is 0.451 e. The number of benzene rings is 1. The number of rotatable bonds is 12. The molecule has 1 heterocycles. The molecule has 1 aliphatic rings. The van der Waals surface area contributed by atoms with Gasteiger partial charge in [-0.05, 0) is 12.0 Å². The molecule has 3 N–H and O–H groups in total. The number of hydrogen-bond acceptors (Lipinski definition) is 8. The van der Waals surface area contributed by atoms with Crippen LogP contribution in [-0.2, 0) is 30.3 Å². The van der Waals surface area contributed by atoms with Crippen LogP contribution in [0, 0.1) is 0 Å². The Bertz CT molecular complexity index is 625. The molecule has 0 amide bonds. The Morgan fingerprint density at radius 3 is 2.43 bits per heavy atom. The van der Waals surface area contributed by atoms with Gasteiger partial charge < -0.3 is 34.3 Å². The molecule has 1 aromatic carbocycles. The summed E-state index contributed by atoms with van der Waals surface area (Å²) in [5.41, 5.74) is 0.805. The smallest absolute Gasteiger partial charge is 0.325 e. The fourth-order valence-electron chi connectivity index (χ4n) is 3.41. The van der Waals surface area contributed by atoms with E-state index < -0.39 is 43.0 Å². The van der Waals surface area contributed by atoms with Crippen LogP contribution in [-0.4, -0.2) is 65.4 Å². The van der Waals surface area contributed by atoms with Crippen LogP contribution in [0.1, 0.15) is 51.0 Å². The Hall–Kier alpha value is -1.55. The van der Waals surface area contributed by atoms with E-state index in [4.69, 9.17) is 18.9 Å². The Balaban J connectivity index is 2.11. The molecule has 8 heteroatoms. The van der Waals surface area contributed by atoms with E-state index in [2.05, 4.69) is 6.92 Å². The SMILES string of the molecule is CCCCCCCC(=O)O[C@H]1[C@@H](O)[C@H](O)[C@@H](CO)O[C@@]1(OC)OCc1ccccc1. The van der Waals surface area contributed by atoms with Crippen LogP contribution in [0.15, 0.2) is 30.3 Å². The molecule has 0 radical (unpaired) electrons. The van der Waals surface area contributed by atoms with E-state index in [0.717, 1.165) is 31.2 Å². The maximum atomic E-state index is 12.4. The highest BCUT2D eigenvalue weighted by atomic mass is 16.9. The van der Waals surface area contributed by atoms with Crippen LogP contribution >= 0.6 is 0 Å². The zero-order valence-corrected chi connectivity index (χ0v) is 17.7. The van der Waals surface area contributed by atoms with Crippen molar-refractivity contribution in [1.82, 2.24) is 0 Å². The summed E-state index contributed by atoms with van der Waals surface area (Å²) in [7, 11) is 1.29. The first-order valence-electron chi connectivity index (χ1n) is 10.5. The van der Waals surface area contributed by atoms with E-state index in [1.807, 2.05) is 30.3 Å². The zero-order chi connectivity index (χ0) is 22.0. The summed E-state index contributed by atoms with van der Waals surface area (Å²) in [5.74, 6) is -2.52. The summed E-state index contributed by atoms with van der Waals surface area (Å²) >= 11 is 0. The molecule has 30 heavy (non-hydrogen) atoms. The normalized spacial score (nSPS) is 29.0. The molecule has 0 saturated carbocycles. The van der Waals surface area contributed by atoms with E-state index in [1.54, 1.807) is 0 Å². The molecular formula is C22H34O8. The molecule has 5 atom stereocenters. The lowest BCUT2D eigenvalue weighted by atomic mass is 9.97. The summed E-state index contributed by atoms with van der Waals surface area (Å²) in [5, 5.41) is 30.4. The standard InChI is InChI=1S/C22H34O8/c1-3-4-5-6-10-13-18(24)29-21-20(26)19(25)17(14-23)30-22(21,27-2)28-15-16-11-8-7-9-12-16/h7-9,11-12,17,19-21,23,25-26H,3-6,10,13-15H2,1-2H3/t17-,19-,20+,21+,22+/m1/s1. The van der Waals surface area contributed by atoms with E-state index in [0.29, 0.717) is 6.42 Å². The van der Waals surface area contributed by atoms with E-state index in [-0.39, 0.29) is 13.0 Å². The van der Waals surface area contributed by atoms with Gasteiger partial charge in [0.25, 0.3) is 0 Å². The van der Waals surface area contributed by atoms with Crippen molar-refractivity contribution in [1.29, 1.82) is 0 Å². The van der Waals surface area contributed by atoms with Crippen LogP contribution in [0.4, 0.5) is 0 Å². The van der Waals surface area contributed by atoms with Crippen molar-refractivity contribution in [3.63, 3.8) is 0 Å². The maximum absolute atomic E-state index is 12.4. The van der Waals surface area contributed by atoms with Crippen molar-refractivity contribution in [3.8, 4) is 0 Å². The quantitative estimate of drug-likeness (QED) is 0.264. The lowest BCUT2D eigenvalue weighted by Gasteiger charge is -2.47. The average Bonchev–Trinajstić information content (AvgIpc) is 2.77. The van der Waals surface area contributed by atoms with E-state index in [9.17, 15) is 20.1 Å². The monoisotopic (exact) mass is 426 g/mol. The highest BCUT2D eigenvalue weighted by Gasteiger charge is 2.58. The fourth-order valence-corrected chi connectivity index (χ4v) is 3.41. The van der Waals surface area contributed by atoms with Gasteiger partial charge in [0.1, 0.15) is 18.3 Å². The molecule has 0 bridgehead atoms. The lowest BCUT2D eigenvalue weighted by Crippen LogP contribution is -2.67. The first-order chi connectivity index (χ1) is 14.5. The van der Waals surface area contributed by atoms with Gasteiger partial charge >= 0.3 is 11.9 Å². The van der Waals surface area contributed by atoms with E-state index in [1.165, 1.54) is 7.11 Å². The topological polar surface area (TPSA) is 115 Å². The van der Waals surface area contributed by atoms with Crippen LogP contribution in [0.2, 0.25) is 0 Å². The molecule has 0 aliphatic carbocycles. The van der Waals surface area contributed by atoms with Crippen molar-refractivity contribution in [2.24, 2.45) is 0 Å². The molecule has 1 saturated heterocycles. The van der Waals surface area contributed by atoms with Crippen LogP contribution in [0.25, 0.3) is 0 Å². The first-order valence-corrected chi connectivity index (χ1v) is 10.5. The van der Waals surface area contributed by atoms with Gasteiger partial charge in [-0.1, -0.05) is 62.9 Å². The van der Waals surface area contributed by atoms with Crippen LogP contribution in [0.5, 0.6) is 0 Å². The van der Waals surface area contributed by atoms with Gasteiger partial charge in [0.2, 0.25) is 6.10 Å². The molecule has 8 nitrogen and oxygen atoms in total. The molecule has 0 aromatic heterocycles. The van der Waals surface area contributed by atoms with Gasteiger partial charge in [-0.3, -0.25) is 4.79 Å². The van der Waals surface area contributed by atoms with Crippen LogP contribution < -0.4 is 0 Å². The highest BCUT2D eigenvalue weighted by Crippen LogP contribution is 2.35. The van der Waals surface area contributed by atoms with Crippen molar-refractivity contribution < 1.29 is 39.1 Å². The predicted octanol–water partition coefficient (Wildman–Crippen LogP) is 1.89. The molecule has 0 unspecified atom stereocenters.